The molecule has 1 aliphatic carbocycles. The summed E-state index contributed by atoms with van der Waals surface area (Å²) < 4.78 is 0. The van der Waals surface area contributed by atoms with Gasteiger partial charge in [0.05, 0.1) is 0 Å². The minimum absolute atomic E-state index is 0.501. The Morgan fingerprint density at radius 3 is 2.25 bits per heavy atom. The average molecular weight is 466 g/mol. The molecule has 1 heteroatoms. The van der Waals surface area contributed by atoms with Crippen LogP contribution in [0.2, 0.25) is 0 Å². The fraction of sp³-hybridized carbons (Fsp3) is 0.171. The van der Waals surface area contributed by atoms with Crippen molar-refractivity contribution in [2.24, 2.45) is 5.92 Å². The SMILES string of the molecule is Cc1ccc2c(ccc3c4c(ccc32)CC(C)CC4c2ccccc2)c1.c1ccc2cnccc2c1. The molecular formula is C35H31N. The molecule has 0 spiro atoms. The van der Waals surface area contributed by atoms with Gasteiger partial charge in [-0.3, -0.25) is 4.98 Å². The molecule has 5 aromatic carbocycles. The second-order valence-corrected chi connectivity index (χ2v) is 10.3. The molecule has 1 aliphatic rings. The van der Waals surface area contributed by atoms with Crippen LogP contribution < -0.4 is 0 Å². The van der Waals surface area contributed by atoms with Crippen LogP contribution in [-0.4, -0.2) is 4.98 Å². The van der Waals surface area contributed by atoms with Crippen molar-refractivity contribution in [3.05, 3.63) is 138 Å². The molecule has 0 saturated carbocycles. The van der Waals surface area contributed by atoms with Crippen molar-refractivity contribution in [2.45, 2.75) is 32.6 Å². The first-order valence-corrected chi connectivity index (χ1v) is 13.0. The molecule has 0 fully saturated rings. The summed E-state index contributed by atoms with van der Waals surface area (Å²) in [4.78, 5) is 4.01. The lowest BCUT2D eigenvalue weighted by Gasteiger charge is -2.31. The van der Waals surface area contributed by atoms with Crippen LogP contribution in [-0.2, 0) is 6.42 Å². The smallest absolute Gasteiger partial charge is 0.0346 e. The minimum Gasteiger partial charge on any atom is -0.264 e. The van der Waals surface area contributed by atoms with Gasteiger partial charge in [-0.25, -0.2) is 0 Å². The monoisotopic (exact) mass is 465 g/mol. The minimum atomic E-state index is 0.501. The van der Waals surface area contributed by atoms with Crippen molar-refractivity contribution >= 4 is 32.3 Å². The van der Waals surface area contributed by atoms with Gasteiger partial charge in [-0.15, -0.1) is 0 Å². The topological polar surface area (TPSA) is 12.9 Å². The highest BCUT2D eigenvalue weighted by atomic mass is 14.6. The van der Waals surface area contributed by atoms with Gasteiger partial charge < -0.3 is 0 Å². The molecule has 2 atom stereocenters. The first-order valence-electron chi connectivity index (χ1n) is 13.0. The number of hydrogen-bond acceptors (Lipinski definition) is 1. The Balaban J connectivity index is 0.000000200. The van der Waals surface area contributed by atoms with Crippen molar-refractivity contribution in [2.75, 3.05) is 0 Å². The van der Waals surface area contributed by atoms with E-state index in [0.29, 0.717) is 5.92 Å². The maximum absolute atomic E-state index is 4.01. The predicted molar refractivity (Wildman–Crippen MR) is 154 cm³/mol. The summed E-state index contributed by atoms with van der Waals surface area (Å²) in [5, 5.41) is 8.01. The zero-order valence-electron chi connectivity index (χ0n) is 21.0. The van der Waals surface area contributed by atoms with Crippen molar-refractivity contribution in [1.82, 2.24) is 4.98 Å². The first-order chi connectivity index (χ1) is 17.7. The lowest BCUT2D eigenvalue weighted by Crippen LogP contribution is -2.18. The fourth-order valence-electron chi connectivity index (χ4n) is 5.92. The number of aryl methyl sites for hydroxylation is 1. The predicted octanol–water partition coefficient (Wildman–Crippen LogP) is 9.25. The molecular weight excluding hydrogens is 434 g/mol. The van der Waals surface area contributed by atoms with Crippen LogP contribution in [0.3, 0.4) is 0 Å². The largest absolute Gasteiger partial charge is 0.264 e. The van der Waals surface area contributed by atoms with Crippen LogP contribution in [0.5, 0.6) is 0 Å². The molecule has 0 amide bonds. The van der Waals surface area contributed by atoms with Crippen LogP contribution in [0.15, 0.2) is 116 Å². The van der Waals surface area contributed by atoms with Gasteiger partial charge in [0.15, 0.2) is 0 Å². The van der Waals surface area contributed by atoms with Gasteiger partial charge in [-0.2, -0.15) is 0 Å². The maximum Gasteiger partial charge on any atom is 0.0346 e. The Bertz CT molecular complexity index is 1600. The third-order valence-electron chi connectivity index (χ3n) is 7.61. The number of aromatic nitrogens is 1. The van der Waals surface area contributed by atoms with Crippen LogP contribution in [0.4, 0.5) is 0 Å². The zero-order valence-corrected chi connectivity index (χ0v) is 21.0. The van der Waals surface area contributed by atoms with Crippen molar-refractivity contribution in [1.29, 1.82) is 0 Å². The zero-order chi connectivity index (χ0) is 24.5. The fourth-order valence-corrected chi connectivity index (χ4v) is 5.92. The molecule has 0 aliphatic heterocycles. The van der Waals surface area contributed by atoms with Crippen molar-refractivity contribution in [3.63, 3.8) is 0 Å². The van der Waals surface area contributed by atoms with E-state index in [0.717, 1.165) is 5.92 Å². The van der Waals surface area contributed by atoms with E-state index in [2.05, 4.69) is 104 Å². The Kier molecular flexibility index (Phi) is 5.99. The van der Waals surface area contributed by atoms with Gasteiger partial charge in [0, 0.05) is 18.3 Å². The molecule has 36 heavy (non-hydrogen) atoms. The highest BCUT2D eigenvalue weighted by Gasteiger charge is 2.27. The van der Waals surface area contributed by atoms with E-state index in [-0.39, 0.29) is 0 Å². The second-order valence-electron chi connectivity index (χ2n) is 10.3. The molecule has 1 aromatic heterocycles. The summed E-state index contributed by atoms with van der Waals surface area (Å²) in [6.07, 6.45) is 6.11. The molecule has 0 bridgehead atoms. The molecule has 1 heterocycles. The molecule has 0 radical (unpaired) electrons. The van der Waals surface area contributed by atoms with E-state index in [9.17, 15) is 0 Å². The van der Waals surface area contributed by atoms with Crippen LogP contribution in [0.25, 0.3) is 32.3 Å². The molecule has 2 unspecified atom stereocenters. The summed E-state index contributed by atoms with van der Waals surface area (Å²) in [6, 6.07) is 37.5. The first kappa shape index (κ1) is 22.5. The summed E-state index contributed by atoms with van der Waals surface area (Å²) in [5.74, 6) is 1.23. The highest BCUT2D eigenvalue weighted by molar-refractivity contribution is 6.09. The van der Waals surface area contributed by atoms with E-state index in [1.807, 2.05) is 30.6 Å². The molecule has 7 rings (SSSR count). The van der Waals surface area contributed by atoms with Crippen molar-refractivity contribution in [3.8, 4) is 0 Å². The number of pyridine rings is 1. The summed E-state index contributed by atoms with van der Waals surface area (Å²) in [5.41, 5.74) is 5.88. The number of fused-ring (bicyclic) bond motifs is 6. The van der Waals surface area contributed by atoms with E-state index < -0.39 is 0 Å². The van der Waals surface area contributed by atoms with Gasteiger partial charge in [-0.1, -0.05) is 110 Å². The second kappa shape index (κ2) is 9.59. The molecule has 0 N–H and O–H groups in total. The standard InChI is InChI=1S/C26H24.C9H7N/c1-17-8-11-22-20(14-17)9-13-24-23(22)12-10-21-15-18(2)16-25(26(21)24)19-6-4-3-5-7-19;1-2-4-9-7-10-6-5-8(9)3-1/h3-14,18,25H,15-16H2,1-2H3;1-7H. The van der Waals surface area contributed by atoms with Gasteiger partial charge in [0.1, 0.15) is 0 Å². The van der Waals surface area contributed by atoms with Crippen LogP contribution in [0, 0.1) is 12.8 Å². The lowest BCUT2D eigenvalue weighted by molar-refractivity contribution is 0.467. The van der Waals surface area contributed by atoms with Crippen LogP contribution in [0.1, 0.15) is 41.5 Å². The molecule has 0 saturated heterocycles. The number of benzene rings is 5. The van der Waals surface area contributed by atoms with Gasteiger partial charge in [-0.05, 0) is 80.8 Å². The molecule has 6 aromatic rings. The quantitative estimate of drug-likeness (QED) is 0.220. The third-order valence-corrected chi connectivity index (χ3v) is 7.61. The molecule has 1 nitrogen and oxygen atoms in total. The lowest BCUT2D eigenvalue weighted by atomic mass is 9.72. The Hall–Kier alpha value is -3.97. The summed E-state index contributed by atoms with van der Waals surface area (Å²) in [7, 11) is 0. The van der Waals surface area contributed by atoms with Gasteiger partial charge >= 0.3 is 0 Å². The Morgan fingerprint density at radius 2 is 1.42 bits per heavy atom. The van der Waals surface area contributed by atoms with E-state index >= 15 is 0 Å². The Morgan fingerprint density at radius 1 is 0.667 bits per heavy atom. The van der Waals surface area contributed by atoms with E-state index in [1.165, 1.54) is 61.8 Å². The molecule has 176 valence electrons. The van der Waals surface area contributed by atoms with Crippen molar-refractivity contribution < 1.29 is 0 Å². The number of hydrogen-bond donors (Lipinski definition) is 0. The average Bonchev–Trinajstić information content (AvgIpc) is 2.93. The maximum atomic E-state index is 4.01. The van der Waals surface area contributed by atoms with E-state index in [1.54, 1.807) is 5.56 Å². The normalized spacial score (nSPS) is 16.9. The van der Waals surface area contributed by atoms with Gasteiger partial charge in [0.2, 0.25) is 0 Å². The van der Waals surface area contributed by atoms with Crippen LogP contribution >= 0.6 is 0 Å². The highest BCUT2D eigenvalue weighted by Crippen LogP contribution is 2.44. The number of nitrogens with zero attached hydrogens (tertiary/aromatic N) is 1. The third kappa shape index (κ3) is 4.27. The van der Waals surface area contributed by atoms with Gasteiger partial charge in [0.25, 0.3) is 0 Å². The summed E-state index contributed by atoms with van der Waals surface area (Å²) in [6.45, 7) is 4.57. The number of rotatable bonds is 1. The Labute approximate surface area is 213 Å². The van der Waals surface area contributed by atoms with E-state index in [4.69, 9.17) is 0 Å². The summed E-state index contributed by atoms with van der Waals surface area (Å²) >= 11 is 0.